The second kappa shape index (κ2) is 18.2. The molecular formula is C71H52N2. The Bertz CT molecular complexity index is 3980. The molecule has 0 aromatic heterocycles. The van der Waals surface area contributed by atoms with Crippen molar-refractivity contribution in [1.29, 1.82) is 0 Å². The Morgan fingerprint density at radius 3 is 1.33 bits per heavy atom. The van der Waals surface area contributed by atoms with E-state index in [0.29, 0.717) is 0 Å². The molecule has 1 aliphatic rings. The normalized spacial score (nSPS) is 12.4. The van der Waals surface area contributed by atoms with Crippen LogP contribution in [-0.4, -0.2) is 0 Å². The van der Waals surface area contributed by atoms with Crippen LogP contribution in [0.3, 0.4) is 0 Å². The zero-order valence-corrected chi connectivity index (χ0v) is 41.0. The SMILES string of the molecule is CC1(C)c2cc(-c3ccccc3)ccc2-c2ccc(N(c3ccccc3)c3cc(-c4ccc5ccccc5c4-c4ccccc4)cc(N(c4ccccc4)c4ccc5ccccc5c4-c4ccccc4)c3)cc21. The Balaban J connectivity index is 1.09. The minimum atomic E-state index is -0.245. The highest BCUT2D eigenvalue weighted by molar-refractivity contribution is 6.08. The first-order chi connectivity index (χ1) is 36.0. The lowest BCUT2D eigenvalue weighted by molar-refractivity contribution is 0.660. The predicted octanol–water partition coefficient (Wildman–Crippen LogP) is 19.9. The second-order valence-electron chi connectivity index (χ2n) is 19.7. The van der Waals surface area contributed by atoms with Crippen molar-refractivity contribution in [1.82, 2.24) is 0 Å². The summed E-state index contributed by atoms with van der Waals surface area (Å²) in [6, 6.07) is 102. The third kappa shape index (κ3) is 7.76. The van der Waals surface area contributed by atoms with Gasteiger partial charge in [-0.05, 0) is 149 Å². The topological polar surface area (TPSA) is 6.48 Å². The molecule has 346 valence electrons. The number of nitrogens with zero attached hydrogens (tertiary/aromatic N) is 2. The number of para-hydroxylation sites is 2. The van der Waals surface area contributed by atoms with Gasteiger partial charge in [0.15, 0.2) is 0 Å². The summed E-state index contributed by atoms with van der Waals surface area (Å²) >= 11 is 0. The quantitative estimate of drug-likeness (QED) is 0.135. The maximum Gasteiger partial charge on any atom is 0.0546 e. The fourth-order valence-electron chi connectivity index (χ4n) is 11.5. The Hall–Kier alpha value is -9.24. The van der Waals surface area contributed by atoms with Crippen molar-refractivity contribution in [2.24, 2.45) is 0 Å². The fraction of sp³-hybridized carbons (Fsp3) is 0.0423. The second-order valence-corrected chi connectivity index (χ2v) is 19.7. The van der Waals surface area contributed by atoms with Crippen LogP contribution in [0, 0.1) is 0 Å². The van der Waals surface area contributed by atoms with Crippen LogP contribution in [0.4, 0.5) is 34.1 Å². The molecule has 2 heteroatoms. The molecule has 73 heavy (non-hydrogen) atoms. The van der Waals surface area contributed by atoms with Gasteiger partial charge in [-0.3, -0.25) is 0 Å². The van der Waals surface area contributed by atoms with E-state index < -0.39 is 0 Å². The number of benzene rings is 12. The molecule has 0 bridgehead atoms. The molecule has 0 atom stereocenters. The number of rotatable bonds is 10. The summed E-state index contributed by atoms with van der Waals surface area (Å²) < 4.78 is 0. The van der Waals surface area contributed by atoms with E-state index in [1.165, 1.54) is 71.6 Å². The molecule has 13 rings (SSSR count). The molecule has 0 N–H and O–H groups in total. The first kappa shape index (κ1) is 43.8. The smallest absolute Gasteiger partial charge is 0.0546 e. The minimum absolute atomic E-state index is 0.245. The lowest BCUT2D eigenvalue weighted by atomic mass is 9.81. The van der Waals surface area contributed by atoms with E-state index in [9.17, 15) is 0 Å². The molecule has 0 unspecified atom stereocenters. The Labute approximate surface area is 428 Å². The molecule has 12 aromatic carbocycles. The van der Waals surface area contributed by atoms with Crippen molar-refractivity contribution >= 4 is 55.7 Å². The summed E-state index contributed by atoms with van der Waals surface area (Å²) in [5.41, 5.74) is 20.9. The van der Waals surface area contributed by atoms with E-state index >= 15 is 0 Å². The number of hydrogen-bond acceptors (Lipinski definition) is 2. The van der Waals surface area contributed by atoms with Crippen LogP contribution in [0.15, 0.2) is 279 Å². The Kier molecular flexibility index (Phi) is 10.9. The van der Waals surface area contributed by atoms with Crippen LogP contribution in [0.25, 0.3) is 77.2 Å². The third-order valence-electron chi connectivity index (χ3n) is 15.0. The van der Waals surface area contributed by atoms with E-state index in [-0.39, 0.29) is 5.41 Å². The summed E-state index contributed by atoms with van der Waals surface area (Å²) in [5.74, 6) is 0. The minimum Gasteiger partial charge on any atom is -0.310 e. The molecule has 0 aliphatic heterocycles. The van der Waals surface area contributed by atoms with E-state index in [2.05, 4.69) is 303 Å². The number of fused-ring (bicyclic) bond motifs is 5. The third-order valence-corrected chi connectivity index (χ3v) is 15.0. The fourth-order valence-corrected chi connectivity index (χ4v) is 11.5. The van der Waals surface area contributed by atoms with Crippen molar-refractivity contribution in [3.05, 3.63) is 290 Å². The van der Waals surface area contributed by atoms with Gasteiger partial charge in [0.2, 0.25) is 0 Å². The Morgan fingerprint density at radius 2 is 0.712 bits per heavy atom. The van der Waals surface area contributed by atoms with Gasteiger partial charge < -0.3 is 9.80 Å². The molecule has 0 spiro atoms. The Morgan fingerprint density at radius 1 is 0.260 bits per heavy atom. The van der Waals surface area contributed by atoms with Gasteiger partial charge in [0.05, 0.1) is 5.69 Å². The maximum absolute atomic E-state index is 2.47. The van der Waals surface area contributed by atoms with Crippen LogP contribution >= 0.6 is 0 Å². The monoisotopic (exact) mass is 932 g/mol. The van der Waals surface area contributed by atoms with Crippen molar-refractivity contribution < 1.29 is 0 Å². The van der Waals surface area contributed by atoms with Crippen LogP contribution in [-0.2, 0) is 5.41 Å². The maximum atomic E-state index is 2.47. The van der Waals surface area contributed by atoms with Gasteiger partial charge in [-0.15, -0.1) is 0 Å². The predicted molar refractivity (Wildman–Crippen MR) is 310 cm³/mol. The largest absolute Gasteiger partial charge is 0.310 e. The van der Waals surface area contributed by atoms with Gasteiger partial charge in [-0.1, -0.05) is 226 Å². The van der Waals surface area contributed by atoms with Crippen molar-refractivity contribution in [3.8, 4) is 55.6 Å². The standard InChI is InChI=1S/C71H52N2/c1-71(2)66-46-54(49-22-8-3-9-23-49)37-41-64(66)65-42-39-58(48-67(65)71)72(56-30-14-6-15-31-56)59-44-55(63-40-36-50-24-18-20-34-61(50)69(63)52-26-10-4-11-27-52)45-60(47-59)73(57-32-16-7-17-33-57)68-43-38-51-25-19-21-35-62(51)70(68)53-28-12-5-13-29-53/h3-48H,1-2H3. The molecule has 0 amide bonds. The highest BCUT2D eigenvalue weighted by atomic mass is 15.2. The molecule has 0 saturated carbocycles. The zero-order chi connectivity index (χ0) is 48.9. The molecule has 0 heterocycles. The summed E-state index contributed by atoms with van der Waals surface area (Å²) in [6.07, 6.45) is 0. The molecule has 12 aromatic rings. The summed E-state index contributed by atoms with van der Waals surface area (Å²) in [7, 11) is 0. The lowest BCUT2D eigenvalue weighted by Crippen LogP contribution is -2.17. The van der Waals surface area contributed by atoms with Crippen molar-refractivity contribution in [2.45, 2.75) is 19.3 Å². The van der Waals surface area contributed by atoms with Crippen molar-refractivity contribution in [2.75, 3.05) is 9.80 Å². The molecule has 1 aliphatic carbocycles. The van der Waals surface area contributed by atoms with E-state index in [1.807, 2.05) is 0 Å². The molecule has 0 saturated heterocycles. The zero-order valence-electron chi connectivity index (χ0n) is 41.0. The highest BCUT2D eigenvalue weighted by Crippen LogP contribution is 2.53. The van der Waals surface area contributed by atoms with Gasteiger partial charge in [-0.2, -0.15) is 0 Å². The van der Waals surface area contributed by atoms with E-state index in [1.54, 1.807) is 0 Å². The molecular weight excluding hydrogens is 881 g/mol. The average molecular weight is 933 g/mol. The van der Waals surface area contributed by atoms with E-state index in [4.69, 9.17) is 0 Å². The summed E-state index contributed by atoms with van der Waals surface area (Å²) in [5, 5.41) is 4.83. The van der Waals surface area contributed by atoms with Gasteiger partial charge in [0.25, 0.3) is 0 Å². The first-order valence-corrected chi connectivity index (χ1v) is 25.3. The van der Waals surface area contributed by atoms with Gasteiger partial charge in [0, 0.05) is 39.4 Å². The lowest BCUT2D eigenvalue weighted by Gasteiger charge is -2.32. The van der Waals surface area contributed by atoms with Crippen LogP contribution < -0.4 is 9.80 Å². The van der Waals surface area contributed by atoms with E-state index in [0.717, 1.165) is 50.8 Å². The average Bonchev–Trinajstić information content (AvgIpc) is 3.68. The number of anilines is 6. The van der Waals surface area contributed by atoms with Crippen LogP contribution in [0.1, 0.15) is 25.0 Å². The van der Waals surface area contributed by atoms with Gasteiger partial charge >= 0.3 is 0 Å². The summed E-state index contributed by atoms with van der Waals surface area (Å²) in [6.45, 7) is 4.77. The van der Waals surface area contributed by atoms with Crippen molar-refractivity contribution in [3.63, 3.8) is 0 Å². The van der Waals surface area contributed by atoms with Gasteiger partial charge in [0.1, 0.15) is 0 Å². The van der Waals surface area contributed by atoms with Crippen LogP contribution in [0.2, 0.25) is 0 Å². The number of hydrogen-bond donors (Lipinski definition) is 0. The molecule has 2 nitrogen and oxygen atoms in total. The molecule has 0 fully saturated rings. The van der Waals surface area contributed by atoms with Crippen LogP contribution in [0.5, 0.6) is 0 Å². The van der Waals surface area contributed by atoms with Gasteiger partial charge in [-0.25, -0.2) is 0 Å². The highest BCUT2D eigenvalue weighted by Gasteiger charge is 2.36. The molecule has 0 radical (unpaired) electrons. The first-order valence-electron chi connectivity index (χ1n) is 25.3. The summed E-state index contributed by atoms with van der Waals surface area (Å²) in [4.78, 5) is 4.94.